The van der Waals surface area contributed by atoms with Crippen LogP contribution in [0.1, 0.15) is 10.4 Å². The number of hydrogen-bond acceptors (Lipinski definition) is 4. The summed E-state index contributed by atoms with van der Waals surface area (Å²) in [4.78, 5) is 16.1. The number of benzene rings is 2. The summed E-state index contributed by atoms with van der Waals surface area (Å²) in [5, 5.41) is 7.49. The zero-order chi connectivity index (χ0) is 15.8. The fraction of sp³-hybridized carbons (Fsp3) is 0. The van der Waals surface area contributed by atoms with Gasteiger partial charge >= 0.3 is 0 Å². The number of rotatable bonds is 3. The van der Waals surface area contributed by atoms with Gasteiger partial charge in [0.15, 0.2) is 0 Å². The molecule has 0 saturated heterocycles. The number of carbonyl (C=O) groups excluding carboxylic acids is 1. The first kappa shape index (κ1) is 13.7. The van der Waals surface area contributed by atoms with E-state index in [9.17, 15) is 4.79 Å². The van der Waals surface area contributed by atoms with E-state index in [0.717, 1.165) is 32.5 Å². The average molecular weight is 319 g/mol. The predicted molar refractivity (Wildman–Crippen MR) is 95.4 cm³/mol. The van der Waals surface area contributed by atoms with Crippen molar-refractivity contribution in [3.63, 3.8) is 0 Å². The van der Waals surface area contributed by atoms with Crippen LogP contribution in [0.2, 0.25) is 0 Å². The van der Waals surface area contributed by atoms with Crippen molar-refractivity contribution in [2.45, 2.75) is 0 Å². The highest BCUT2D eigenvalue weighted by molar-refractivity contribution is 7.18. The van der Waals surface area contributed by atoms with Crippen LogP contribution in [0.4, 0.5) is 11.5 Å². The molecule has 4 aromatic rings. The first-order chi connectivity index (χ1) is 11.2. The van der Waals surface area contributed by atoms with Crippen LogP contribution in [0, 0.1) is 0 Å². The zero-order valence-electron chi connectivity index (χ0n) is 12.1. The van der Waals surface area contributed by atoms with Gasteiger partial charge in [0, 0.05) is 26.7 Å². The smallest absolute Gasteiger partial charge is 0.248 e. The van der Waals surface area contributed by atoms with Gasteiger partial charge < -0.3 is 11.1 Å². The third-order valence-corrected chi connectivity index (χ3v) is 4.66. The van der Waals surface area contributed by atoms with E-state index in [1.54, 1.807) is 23.5 Å². The Morgan fingerprint density at radius 1 is 1.04 bits per heavy atom. The van der Waals surface area contributed by atoms with Gasteiger partial charge in [-0.15, -0.1) is 11.3 Å². The van der Waals surface area contributed by atoms with Gasteiger partial charge in [0.1, 0.15) is 5.82 Å². The van der Waals surface area contributed by atoms with Crippen molar-refractivity contribution in [1.29, 1.82) is 0 Å². The molecule has 112 valence electrons. The van der Waals surface area contributed by atoms with Crippen LogP contribution in [0.3, 0.4) is 0 Å². The summed E-state index contributed by atoms with van der Waals surface area (Å²) >= 11 is 1.66. The molecule has 23 heavy (non-hydrogen) atoms. The number of carbonyl (C=O) groups is 1. The van der Waals surface area contributed by atoms with E-state index in [2.05, 4.69) is 11.4 Å². The van der Waals surface area contributed by atoms with Crippen LogP contribution in [-0.4, -0.2) is 10.9 Å². The largest absolute Gasteiger partial charge is 0.366 e. The van der Waals surface area contributed by atoms with Gasteiger partial charge in [-0.2, -0.15) is 0 Å². The van der Waals surface area contributed by atoms with E-state index in [4.69, 9.17) is 10.7 Å². The highest BCUT2D eigenvalue weighted by Gasteiger charge is 2.11. The highest BCUT2D eigenvalue weighted by Crippen LogP contribution is 2.34. The number of para-hydroxylation sites is 1. The van der Waals surface area contributed by atoms with E-state index in [1.165, 1.54) is 0 Å². The number of aromatic nitrogens is 1. The molecule has 0 radical (unpaired) electrons. The normalized spacial score (nSPS) is 11.0. The second kappa shape index (κ2) is 5.37. The molecule has 2 aromatic carbocycles. The third-order valence-electron chi connectivity index (χ3n) is 3.72. The Morgan fingerprint density at radius 2 is 1.87 bits per heavy atom. The van der Waals surface area contributed by atoms with Gasteiger partial charge in [-0.05, 0) is 35.7 Å². The molecule has 0 fully saturated rings. The van der Waals surface area contributed by atoms with E-state index in [-0.39, 0.29) is 0 Å². The highest BCUT2D eigenvalue weighted by atomic mass is 32.1. The van der Waals surface area contributed by atoms with Crippen molar-refractivity contribution in [2.75, 3.05) is 5.32 Å². The van der Waals surface area contributed by atoms with Gasteiger partial charge in [0.25, 0.3) is 0 Å². The third kappa shape index (κ3) is 2.41. The number of amides is 1. The van der Waals surface area contributed by atoms with E-state index < -0.39 is 5.91 Å². The standard InChI is InChI=1S/C18H13N3OS/c19-17(22)11-6-7-13-15(10-11)21-18(14-8-9-23-16(13)14)20-12-4-2-1-3-5-12/h1-10H,(H2,19,22)(H,20,21). The average Bonchev–Trinajstić information content (AvgIpc) is 3.05. The van der Waals surface area contributed by atoms with Crippen molar-refractivity contribution >= 4 is 49.7 Å². The summed E-state index contributed by atoms with van der Waals surface area (Å²) in [6.07, 6.45) is 0. The lowest BCUT2D eigenvalue weighted by Crippen LogP contribution is -2.10. The van der Waals surface area contributed by atoms with Gasteiger partial charge in [-0.3, -0.25) is 4.79 Å². The van der Waals surface area contributed by atoms with Gasteiger partial charge in [-0.1, -0.05) is 24.3 Å². The number of anilines is 2. The molecule has 4 nitrogen and oxygen atoms in total. The van der Waals surface area contributed by atoms with Crippen LogP contribution < -0.4 is 11.1 Å². The summed E-state index contributed by atoms with van der Waals surface area (Å²) in [5.41, 5.74) is 7.57. The Bertz CT molecular complexity index is 1020. The van der Waals surface area contributed by atoms with Gasteiger partial charge in [0.2, 0.25) is 5.91 Å². The SMILES string of the molecule is NC(=O)c1ccc2c(c1)nc(Nc1ccccc1)c1ccsc12. The summed E-state index contributed by atoms with van der Waals surface area (Å²) in [6.45, 7) is 0. The van der Waals surface area contributed by atoms with Crippen LogP contribution in [-0.2, 0) is 0 Å². The Labute approximate surface area is 136 Å². The predicted octanol–water partition coefficient (Wildman–Crippen LogP) is 4.29. The molecule has 2 heterocycles. The zero-order valence-corrected chi connectivity index (χ0v) is 12.9. The first-order valence-corrected chi connectivity index (χ1v) is 8.03. The minimum Gasteiger partial charge on any atom is -0.366 e. The molecule has 0 aliphatic carbocycles. The van der Waals surface area contributed by atoms with Crippen LogP contribution in [0.15, 0.2) is 60.0 Å². The number of primary amides is 1. The van der Waals surface area contributed by atoms with Crippen molar-refractivity contribution in [3.05, 3.63) is 65.5 Å². The molecule has 3 N–H and O–H groups in total. The number of hydrogen-bond donors (Lipinski definition) is 2. The molecule has 4 rings (SSSR count). The number of nitrogens with two attached hydrogens (primary N) is 1. The number of nitrogens with one attached hydrogen (secondary N) is 1. The molecule has 0 aliphatic rings. The van der Waals surface area contributed by atoms with Crippen LogP contribution >= 0.6 is 11.3 Å². The fourth-order valence-electron chi connectivity index (χ4n) is 2.61. The lowest BCUT2D eigenvalue weighted by molar-refractivity contribution is 0.100. The van der Waals surface area contributed by atoms with Crippen molar-refractivity contribution < 1.29 is 4.79 Å². The summed E-state index contributed by atoms with van der Waals surface area (Å²) in [6, 6.07) is 17.3. The number of fused-ring (bicyclic) bond motifs is 3. The lowest BCUT2D eigenvalue weighted by Gasteiger charge is -2.09. The maximum Gasteiger partial charge on any atom is 0.248 e. The molecule has 0 bridgehead atoms. The molecule has 2 aromatic heterocycles. The molecule has 0 atom stereocenters. The Kier molecular flexibility index (Phi) is 3.20. The van der Waals surface area contributed by atoms with Crippen molar-refractivity contribution in [2.24, 2.45) is 5.73 Å². The molecular weight excluding hydrogens is 306 g/mol. The number of pyridine rings is 1. The van der Waals surface area contributed by atoms with Crippen molar-refractivity contribution in [3.8, 4) is 0 Å². The second-order valence-electron chi connectivity index (χ2n) is 5.21. The number of thiophene rings is 1. The quantitative estimate of drug-likeness (QED) is 0.592. The van der Waals surface area contributed by atoms with Crippen molar-refractivity contribution in [1.82, 2.24) is 4.98 Å². The molecule has 0 saturated carbocycles. The first-order valence-electron chi connectivity index (χ1n) is 7.15. The molecule has 0 spiro atoms. The summed E-state index contributed by atoms with van der Waals surface area (Å²) in [5.74, 6) is 0.333. The van der Waals surface area contributed by atoms with Crippen LogP contribution in [0.5, 0.6) is 0 Å². The Hall–Kier alpha value is -2.92. The fourth-order valence-corrected chi connectivity index (χ4v) is 3.54. The van der Waals surface area contributed by atoms with E-state index in [1.807, 2.05) is 41.8 Å². The summed E-state index contributed by atoms with van der Waals surface area (Å²) < 4.78 is 1.14. The molecule has 0 unspecified atom stereocenters. The molecule has 5 heteroatoms. The van der Waals surface area contributed by atoms with Gasteiger partial charge in [-0.25, -0.2) is 4.98 Å². The Balaban J connectivity index is 1.94. The lowest BCUT2D eigenvalue weighted by atomic mass is 10.1. The molecule has 0 aliphatic heterocycles. The monoisotopic (exact) mass is 319 g/mol. The number of nitrogens with zero attached hydrogens (tertiary/aromatic N) is 1. The molecular formula is C18H13N3OS. The topological polar surface area (TPSA) is 68.0 Å². The Morgan fingerprint density at radius 3 is 2.65 bits per heavy atom. The van der Waals surface area contributed by atoms with E-state index >= 15 is 0 Å². The second-order valence-corrected chi connectivity index (χ2v) is 6.13. The summed E-state index contributed by atoms with van der Waals surface area (Å²) in [7, 11) is 0. The minimum absolute atomic E-state index is 0.447. The molecule has 1 amide bonds. The minimum atomic E-state index is -0.447. The van der Waals surface area contributed by atoms with Crippen LogP contribution in [0.25, 0.3) is 21.0 Å². The maximum absolute atomic E-state index is 11.4. The van der Waals surface area contributed by atoms with E-state index in [0.29, 0.717) is 5.56 Å². The van der Waals surface area contributed by atoms with Gasteiger partial charge in [0.05, 0.1) is 5.52 Å². The maximum atomic E-state index is 11.4.